The van der Waals surface area contributed by atoms with Gasteiger partial charge in [-0.25, -0.2) is 9.78 Å². The van der Waals surface area contributed by atoms with Crippen molar-refractivity contribution in [2.24, 2.45) is 7.05 Å². The van der Waals surface area contributed by atoms with Crippen LogP contribution in [0.4, 0.5) is 10.5 Å². The van der Waals surface area contributed by atoms with Crippen molar-refractivity contribution in [1.82, 2.24) is 14.5 Å². The average molecular weight is 427 g/mol. The Morgan fingerprint density at radius 3 is 2.43 bits per heavy atom. The summed E-state index contributed by atoms with van der Waals surface area (Å²) in [4.78, 5) is 21.1. The van der Waals surface area contributed by atoms with Crippen LogP contribution in [0.25, 0.3) is 22.4 Å². The lowest BCUT2D eigenvalue weighted by atomic mass is 10.1. The highest BCUT2D eigenvalue weighted by molar-refractivity contribution is 6.33. The van der Waals surface area contributed by atoms with E-state index in [0.717, 1.165) is 41.2 Å². The van der Waals surface area contributed by atoms with Crippen molar-refractivity contribution in [1.29, 1.82) is 0 Å². The number of carbonyl (C=O) groups excluding carboxylic acids is 1. The van der Waals surface area contributed by atoms with Crippen molar-refractivity contribution >= 4 is 34.4 Å². The maximum absolute atomic E-state index is 12.3. The topological polar surface area (TPSA) is 50.6 Å². The number of aromatic nitrogens is 2. The first-order chi connectivity index (χ1) is 14.2. The molecule has 1 amide bonds. The van der Waals surface area contributed by atoms with E-state index in [1.54, 1.807) is 4.90 Å². The molecule has 1 saturated heterocycles. The van der Waals surface area contributed by atoms with Gasteiger partial charge in [-0.3, -0.25) is 0 Å². The number of anilines is 1. The van der Waals surface area contributed by atoms with E-state index in [9.17, 15) is 4.79 Å². The lowest BCUT2D eigenvalue weighted by Gasteiger charge is -2.37. The van der Waals surface area contributed by atoms with Gasteiger partial charge in [0.05, 0.1) is 16.1 Å². The van der Waals surface area contributed by atoms with Gasteiger partial charge in [-0.15, -0.1) is 0 Å². The Hall–Kier alpha value is -2.73. The summed E-state index contributed by atoms with van der Waals surface area (Å²) in [6.07, 6.45) is -0.251. The second-order valence-electron chi connectivity index (χ2n) is 8.60. The minimum Gasteiger partial charge on any atom is -0.444 e. The average Bonchev–Trinajstić information content (AvgIpc) is 3.04. The number of para-hydroxylation sites is 2. The maximum atomic E-state index is 12.3. The Morgan fingerprint density at radius 1 is 1.07 bits per heavy atom. The molecular formula is C23H27ClN4O2. The third kappa shape index (κ3) is 4.10. The standard InChI is InChI=1S/C23H27ClN4O2/c1-23(2,3)30-22(29)28-13-11-27(12-14-28)16-9-10-18(24)17(15-16)21-25-19-7-5-6-8-20(19)26(21)4/h5-10,15H,11-14H2,1-4H3. The number of hydrogen-bond donors (Lipinski definition) is 0. The van der Waals surface area contributed by atoms with Crippen molar-refractivity contribution in [3.05, 3.63) is 47.5 Å². The number of rotatable bonds is 2. The van der Waals surface area contributed by atoms with Crippen LogP contribution in [0.2, 0.25) is 5.02 Å². The van der Waals surface area contributed by atoms with Gasteiger partial charge in [-0.2, -0.15) is 0 Å². The molecule has 1 aliphatic heterocycles. The molecule has 0 radical (unpaired) electrons. The molecule has 6 nitrogen and oxygen atoms in total. The smallest absolute Gasteiger partial charge is 0.410 e. The van der Waals surface area contributed by atoms with Crippen molar-refractivity contribution in [3.63, 3.8) is 0 Å². The SMILES string of the molecule is Cn1c(-c2cc(N3CCN(C(=O)OC(C)(C)C)CC3)ccc2Cl)nc2ccccc21. The number of nitrogens with zero attached hydrogens (tertiary/aromatic N) is 4. The second-order valence-corrected chi connectivity index (χ2v) is 9.01. The number of amides is 1. The van der Waals surface area contributed by atoms with Crippen LogP contribution in [-0.2, 0) is 11.8 Å². The number of fused-ring (bicyclic) bond motifs is 1. The van der Waals surface area contributed by atoms with Crippen LogP contribution in [0.1, 0.15) is 20.8 Å². The molecule has 0 unspecified atom stereocenters. The van der Waals surface area contributed by atoms with Crippen LogP contribution >= 0.6 is 11.6 Å². The molecule has 0 N–H and O–H groups in total. The Bertz CT molecular complexity index is 1080. The minimum atomic E-state index is -0.481. The zero-order valence-electron chi connectivity index (χ0n) is 17.9. The van der Waals surface area contributed by atoms with Crippen LogP contribution in [-0.4, -0.2) is 52.3 Å². The fourth-order valence-corrected chi connectivity index (χ4v) is 3.94. The van der Waals surface area contributed by atoms with Crippen molar-refractivity contribution in [2.45, 2.75) is 26.4 Å². The molecule has 0 saturated carbocycles. The zero-order chi connectivity index (χ0) is 21.5. The first-order valence-electron chi connectivity index (χ1n) is 10.2. The summed E-state index contributed by atoms with van der Waals surface area (Å²) in [5, 5.41) is 0.671. The minimum absolute atomic E-state index is 0.251. The normalized spacial score (nSPS) is 15.0. The predicted octanol–water partition coefficient (Wildman–Crippen LogP) is 4.95. The molecule has 1 aromatic heterocycles. The monoisotopic (exact) mass is 426 g/mol. The van der Waals surface area contributed by atoms with E-state index in [2.05, 4.69) is 21.6 Å². The molecule has 3 aromatic rings. The highest BCUT2D eigenvalue weighted by Gasteiger charge is 2.26. The van der Waals surface area contributed by atoms with Crippen molar-refractivity contribution in [2.75, 3.05) is 31.1 Å². The van der Waals surface area contributed by atoms with Gasteiger partial charge in [-0.1, -0.05) is 23.7 Å². The van der Waals surface area contributed by atoms with E-state index < -0.39 is 5.60 Å². The highest BCUT2D eigenvalue weighted by Crippen LogP contribution is 2.33. The molecule has 0 bridgehead atoms. The lowest BCUT2D eigenvalue weighted by Crippen LogP contribution is -2.50. The predicted molar refractivity (Wildman–Crippen MR) is 121 cm³/mol. The number of hydrogen-bond acceptors (Lipinski definition) is 4. The lowest BCUT2D eigenvalue weighted by molar-refractivity contribution is 0.0240. The van der Waals surface area contributed by atoms with E-state index >= 15 is 0 Å². The Balaban J connectivity index is 1.54. The first kappa shape index (κ1) is 20.5. The molecule has 2 aromatic carbocycles. The first-order valence-corrected chi connectivity index (χ1v) is 10.5. The van der Waals surface area contributed by atoms with Gasteiger partial charge < -0.3 is 19.1 Å². The fourth-order valence-electron chi connectivity index (χ4n) is 3.74. The Kier molecular flexibility index (Phi) is 5.36. The molecule has 1 aliphatic rings. The molecule has 158 valence electrons. The third-order valence-corrected chi connectivity index (χ3v) is 5.60. The molecule has 0 spiro atoms. The Morgan fingerprint density at radius 2 is 1.77 bits per heavy atom. The van der Waals surface area contributed by atoms with Crippen molar-refractivity contribution in [3.8, 4) is 11.4 Å². The van der Waals surface area contributed by atoms with E-state index in [-0.39, 0.29) is 6.09 Å². The molecule has 0 atom stereocenters. The van der Waals surface area contributed by atoms with Crippen LogP contribution in [0.15, 0.2) is 42.5 Å². The third-order valence-electron chi connectivity index (χ3n) is 5.27. The van der Waals surface area contributed by atoms with Gasteiger partial charge in [0.15, 0.2) is 0 Å². The molecular weight excluding hydrogens is 400 g/mol. The fraction of sp³-hybridized carbons (Fsp3) is 0.391. The highest BCUT2D eigenvalue weighted by atomic mass is 35.5. The summed E-state index contributed by atoms with van der Waals surface area (Å²) in [6, 6.07) is 14.1. The largest absolute Gasteiger partial charge is 0.444 e. The van der Waals surface area contributed by atoms with Gasteiger partial charge in [0.1, 0.15) is 11.4 Å². The van der Waals surface area contributed by atoms with Crippen LogP contribution in [0, 0.1) is 0 Å². The Labute approximate surface area is 182 Å². The molecule has 7 heteroatoms. The number of aryl methyl sites for hydroxylation is 1. The van der Waals surface area contributed by atoms with Gasteiger partial charge in [0.2, 0.25) is 0 Å². The summed E-state index contributed by atoms with van der Waals surface area (Å²) in [7, 11) is 2.01. The van der Waals surface area contributed by atoms with Crippen molar-refractivity contribution < 1.29 is 9.53 Å². The molecule has 30 heavy (non-hydrogen) atoms. The summed E-state index contributed by atoms with van der Waals surface area (Å²) < 4.78 is 7.56. The number of piperazine rings is 1. The van der Waals surface area contributed by atoms with E-state index in [0.29, 0.717) is 18.1 Å². The summed E-state index contributed by atoms with van der Waals surface area (Å²) in [5.74, 6) is 0.843. The number of halogens is 1. The van der Waals surface area contributed by atoms with Gasteiger partial charge in [0, 0.05) is 44.5 Å². The molecule has 0 aliphatic carbocycles. The van der Waals surface area contributed by atoms with Crippen LogP contribution in [0.5, 0.6) is 0 Å². The molecule has 4 rings (SSSR count). The van der Waals surface area contributed by atoms with Gasteiger partial charge in [0.25, 0.3) is 0 Å². The summed E-state index contributed by atoms with van der Waals surface area (Å²) in [6.45, 7) is 8.39. The number of carbonyl (C=O) groups is 1. The molecule has 2 heterocycles. The maximum Gasteiger partial charge on any atom is 0.410 e. The number of ether oxygens (including phenoxy) is 1. The van der Waals surface area contributed by atoms with E-state index in [4.69, 9.17) is 21.3 Å². The van der Waals surface area contributed by atoms with Gasteiger partial charge in [-0.05, 0) is 51.1 Å². The summed E-state index contributed by atoms with van der Waals surface area (Å²) >= 11 is 6.55. The number of benzene rings is 2. The van der Waals surface area contributed by atoms with E-state index in [1.807, 2.05) is 58.2 Å². The van der Waals surface area contributed by atoms with Crippen LogP contribution < -0.4 is 4.90 Å². The molecule has 1 fully saturated rings. The van der Waals surface area contributed by atoms with E-state index in [1.165, 1.54) is 0 Å². The van der Waals surface area contributed by atoms with Crippen LogP contribution in [0.3, 0.4) is 0 Å². The van der Waals surface area contributed by atoms with Gasteiger partial charge >= 0.3 is 6.09 Å². The second kappa shape index (κ2) is 7.84. The summed E-state index contributed by atoms with van der Waals surface area (Å²) in [5.41, 5.74) is 3.51. The quantitative estimate of drug-likeness (QED) is 0.581. The number of imidazole rings is 1. The zero-order valence-corrected chi connectivity index (χ0v) is 18.6.